The summed E-state index contributed by atoms with van der Waals surface area (Å²) in [4.78, 5) is 13.7. The van der Waals surface area contributed by atoms with Crippen molar-refractivity contribution in [2.75, 3.05) is 13.7 Å². The lowest BCUT2D eigenvalue weighted by Crippen LogP contribution is -2.44. The zero-order valence-corrected chi connectivity index (χ0v) is 10.2. The van der Waals surface area contributed by atoms with Gasteiger partial charge < -0.3 is 9.15 Å². The van der Waals surface area contributed by atoms with Gasteiger partial charge in [-0.15, -0.1) is 10.2 Å². The van der Waals surface area contributed by atoms with Crippen LogP contribution in [-0.2, 0) is 16.1 Å². The molecule has 1 aromatic heterocycles. The number of nitrogens with zero attached hydrogens (tertiary/aromatic N) is 3. The number of aryl methyl sites for hydroxylation is 1. The Morgan fingerprint density at radius 1 is 1.53 bits per heavy atom. The number of rotatable bonds is 3. The Hall–Kier alpha value is -1.43. The molecule has 6 nitrogen and oxygen atoms in total. The summed E-state index contributed by atoms with van der Waals surface area (Å²) >= 11 is 0. The molecule has 17 heavy (non-hydrogen) atoms. The summed E-state index contributed by atoms with van der Waals surface area (Å²) in [6, 6.07) is -0.180. The van der Waals surface area contributed by atoms with Crippen molar-refractivity contribution in [3.05, 3.63) is 11.8 Å². The maximum Gasteiger partial charge on any atom is 0.323 e. The molecule has 0 saturated carbocycles. The molecule has 0 aromatic carbocycles. The van der Waals surface area contributed by atoms with Crippen molar-refractivity contribution in [1.29, 1.82) is 0 Å². The Kier molecular flexibility index (Phi) is 3.73. The Balaban J connectivity index is 2.03. The molecule has 6 heteroatoms. The van der Waals surface area contributed by atoms with Gasteiger partial charge in [0.2, 0.25) is 11.8 Å². The van der Waals surface area contributed by atoms with Gasteiger partial charge in [-0.1, -0.05) is 6.42 Å². The first-order valence-electron chi connectivity index (χ1n) is 5.81. The van der Waals surface area contributed by atoms with Gasteiger partial charge in [0.15, 0.2) is 0 Å². The number of carbonyl (C=O) groups is 1. The number of carbonyl (C=O) groups excluding carboxylic acids is 1. The third-order valence-electron chi connectivity index (χ3n) is 2.99. The van der Waals surface area contributed by atoms with Crippen LogP contribution in [0.2, 0.25) is 0 Å². The van der Waals surface area contributed by atoms with E-state index in [9.17, 15) is 4.79 Å². The van der Waals surface area contributed by atoms with Gasteiger partial charge >= 0.3 is 5.97 Å². The fourth-order valence-electron chi connectivity index (χ4n) is 2.16. The smallest absolute Gasteiger partial charge is 0.323 e. The van der Waals surface area contributed by atoms with E-state index in [0.717, 1.165) is 25.8 Å². The number of piperidine rings is 1. The zero-order valence-electron chi connectivity index (χ0n) is 10.2. The largest absolute Gasteiger partial charge is 0.468 e. The maximum absolute atomic E-state index is 11.6. The van der Waals surface area contributed by atoms with E-state index in [1.54, 1.807) is 6.92 Å². The number of aromatic nitrogens is 2. The standard InChI is InChI=1S/C11H17N3O3/c1-8-12-13-10(17-8)7-14-6-4-3-5-9(14)11(15)16-2/h9H,3-7H2,1-2H3/t9-/m1/s1. The Morgan fingerprint density at radius 3 is 3.00 bits per heavy atom. The normalized spacial score (nSPS) is 21.4. The van der Waals surface area contributed by atoms with Crippen molar-refractivity contribution >= 4 is 5.97 Å². The molecule has 0 radical (unpaired) electrons. The molecule has 0 unspecified atom stereocenters. The molecule has 2 heterocycles. The van der Waals surface area contributed by atoms with E-state index in [2.05, 4.69) is 10.2 Å². The second-order valence-electron chi connectivity index (χ2n) is 4.22. The minimum atomic E-state index is -0.180. The molecule has 94 valence electrons. The first kappa shape index (κ1) is 12.0. The van der Waals surface area contributed by atoms with Gasteiger partial charge in [-0.05, 0) is 19.4 Å². The number of methoxy groups -OCH3 is 1. The second-order valence-corrected chi connectivity index (χ2v) is 4.22. The van der Waals surface area contributed by atoms with Gasteiger partial charge in [0, 0.05) is 6.92 Å². The molecule has 1 aliphatic heterocycles. The fraction of sp³-hybridized carbons (Fsp3) is 0.727. The van der Waals surface area contributed by atoms with Crippen molar-refractivity contribution in [2.45, 2.75) is 38.8 Å². The van der Waals surface area contributed by atoms with E-state index in [1.165, 1.54) is 7.11 Å². The van der Waals surface area contributed by atoms with Gasteiger partial charge in [-0.25, -0.2) is 0 Å². The molecule has 0 spiro atoms. The van der Waals surface area contributed by atoms with Crippen LogP contribution in [0.1, 0.15) is 31.0 Å². The molecule has 1 atom stereocenters. The molecule has 0 bridgehead atoms. The first-order valence-corrected chi connectivity index (χ1v) is 5.81. The minimum absolute atomic E-state index is 0.180. The SMILES string of the molecule is COC(=O)[C@H]1CCCCN1Cc1nnc(C)o1. The van der Waals surface area contributed by atoms with Gasteiger partial charge in [-0.3, -0.25) is 9.69 Å². The zero-order chi connectivity index (χ0) is 12.3. The van der Waals surface area contributed by atoms with E-state index in [-0.39, 0.29) is 12.0 Å². The highest BCUT2D eigenvalue weighted by atomic mass is 16.5. The Labute approximate surface area is 99.9 Å². The summed E-state index contributed by atoms with van der Waals surface area (Å²) in [5.41, 5.74) is 0. The molecule has 2 rings (SSSR count). The van der Waals surface area contributed by atoms with Crippen LogP contribution >= 0.6 is 0 Å². The van der Waals surface area contributed by atoms with E-state index < -0.39 is 0 Å². The van der Waals surface area contributed by atoms with Crippen molar-refractivity contribution < 1.29 is 13.9 Å². The minimum Gasteiger partial charge on any atom is -0.468 e. The summed E-state index contributed by atoms with van der Waals surface area (Å²) in [5, 5.41) is 7.73. The van der Waals surface area contributed by atoms with Crippen LogP contribution in [0.5, 0.6) is 0 Å². The predicted molar refractivity (Wildman–Crippen MR) is 59.1 cm³/mol. The lowest BCUT2D eigenvalue weighted by molar-refractivity contribution is -0.148. The Bertz CT molecular complexity index is 391. The first-order chi connectivity index (χ1) is 8.20. The van der Waals surface area contributed by atoms with Gasteiger partial charge in [0.05, 0.1) is 13.7 Å². The number of esters is 1. The van der Waals surface area contributed by atoms with Crippen LogP contribution in [-0.4, -0.2) is 40.8 Å². The highest BCUT2D eigenvalue weighted by molar-refractivity contribution is 5.75. The fourth-order valence-corrected chi connectivity index (χ4v) is 2.16. The van der Waals surface area contributed by atoms with Crippen LogP contribution < -0.4 is 0 Å². The molecular formula is C11H17N3O3. The second kappa shape index (κ2) is 5.27. The number of hydrogen-bond donors (Lipinski definition) is 0. The van der Waals surface area contributed by atoms with Gasteiger partial charge in [-0.2, -0.15) is 0 Å². The summed E-state index contributed by atoms with van der Waals surface area (Å²) < 4.78 is 10.1. The molecule has 1 aliphatic rings. The predicted octanol–water partition coefficient (Wildman–Crippen LogP) is 0.906. The lowest BCUT2D eigenvalue weighted by atomic mass is 10.0. The summed E-state index contributed by atoms with van der Waals surface area (Å²) in [6.07, 6.45) is 2.97. The monoisotopic (exact) mass is 239 g/mol. The number of ether oxygens (including phenoxy) is 1. The van der Waals surface area contributed by atoms with E-state index in [4.69, 9.17) is 9.15 Å². The average molecular weight is 239 g/mol. The topological polar surface area (TPSA) is 68.5 Å². The Morgan fingerprint density at radius 2 is 2.35 bits per heavy atom. The van der Waals surface area contributed by atoms with Crippen molar-refractivity contribution in [2.24, 2.45) is 0 Å². The maximum atomic E-state index is 11.6. The van der Waals surface area contributed by atoms with E-state index in [1.807, 2.05) is 4.90 Å². The highest BCUT2D eigenvalue weighted by Crippen LogP contribution is 2.20. The molecular weight excluding hydrogens is 222 g/mol. The third-order valence-corrected chi connectivity index (χ3v) is 2.99. The molecule has 1 aromatic rings. The van der Waals surface area contributed by atoms with Crippen molar-refractivity contribution in [3.63, 3.8) is 0 Å². The van der Waals surface area contributed by atoms with E-state index >= 15 is 0 Å². The number of hydrogen-bond acceptors (Lipinski definition) is 6. The van der Waals surface area contributed by atoms with Crippen LogP contribution in [0.3, 0.4) is 0 Å². The highest BCUT2D eigenvalue weighted by Gasteiger charge is 2.30. The lowest BCUT2D eigenvalue weighted by Gasteiger charge is -2.32. The molecule has 0 aliphatic carbocycles. The molecule has 1 saturated heterocycles. The summed E-state index contributed by atoms with van der Waals surface area (Å²) in [5.74, 6) is 0.922. The quantitative estimate of drug-likeness (QED) is 0.730. The van der Waals surface area contributed by atoms with Crippen LogP contribution in [0, 0.1) is 6.92 Å². The molecule has 0 amide bonds. The summed E-state index contributed by atoms with van der Waals surface area (Å²) in [7, 11) is 1.42. The third kappa shape index (κ3) is 2.82. The van der Waals surface area contributed by atoms with Crippen LogP contribution in [0.15, 0.2) is 4.42 Å². The average Bonchev–Trinajstić information content (AvgIpc) is 2.74. The van der Waals surface area contributed by atoms with E-state index in [0.29, 0.717) is 18.3 Å². The molecule has 0 N–H and O–H groups in total. The van der Waals surface area contributed by atoms with Crippen molar-refractivity contribution in [1.82, 2.24) is 15.1 Å². The van der Waals surface area contributed by atoms with Crippen molar-refractivity contribution in [3.8, 4) is 0 Å². The summed E-state index contributed by atoms with van der Waals surface area (Å²) in [6.45, 7) is 3.13. The van der Waals surface area contributed by atoms with Crippen LogP contribution in [0.25, 0.3) is 0 Å². The van der Waals surface area contributed by atoms with Gasteiger partial charge in [0.1, 0.15) is 6.04 Å². The number of likely N-dealkylation sites (tertiary alicyclic amines) is 1. The van der Waals surface area contributed by atoms with Crippen LogP contribution in [0.4, 0.5) is 0 Å². The molecule has 1 fully saturated rings. The van der Waals surface area contributed by atoms with Gasteiger partial charge in [0.25, 0.3) is 0 Å².